The van der Waals surface area contributed by atoms with E-state index in [-0.39, 0.29) is 11.9 Å². The Morgan fingerprint density at radius 3 is 2.85 bits per heavy atom. The summed E-state index contributed by atoms with van der Waals surface area (Å²) >= 11 is 0. The Kier molecular flexibility index (Phi) is 4.81. The summed E-state index contributed by atoms with van der Waals surface area (Å²) in [5, 5.41) is 0. The van der Waals surface area contributed by atoms with Gasteiger partial charge in [-0.15, -0.1) is 0 Å². The predicted octanol–water partition coefficient (Wildman–Crippen LogP) is 2.43. The van der Waals surface area contributed by atoms with Gasteiger partial charge < -0.3 is 10.6 Å². The van der Waals surface area contributed by atoms with Gasteiger partial charge in [0.15, 0.2) is 0 Å². The van der Waals surface area contributed by atoms with Crippen molar-refractivity contribution in [3.05, 3.63) is 34.9 Å². The molecule has 0 saturated carbocycles. The molecule has 1 amide bonds. The molecule has 2 unspecified atom stereocenters. The van der Waals surface area contributed by atoms with Gasteiger partial charge in [0.2, 0.25) is 5.91 Å². The van der Waals surface area contributed by atoms with Crippen molar-refractivity contribution in [3.63, 3.8) is 0 Å². The predicted molar refractivity (Wildman–Crippen MR) is 82.6 cm³/mol. The smallest absolute Gasteiger partial charge is 0.227 e. The number of likely N-dealkylation sites (tertiary alicyclic amines) is 1. The maximum Gasteiger partial charge on any atom is 0.227 e. The summed E-state index contributed by atoms with van der Waals surface area (Å²) in [5.41, 5.74) is 9.67. The molecular formula is C17H26N2O. The lowest BCUT2D eigenvalue weighted by molar-refractivity contribution is -0.132. The van der Waals surface area contributed by atoms with Crippen LogP contribution in [0.1, 0.15) is 36.5 Å². The van der Waals surface area contributed by atoms with Gasteiger partial charge >= 0.3 is 0 Å². The molecule has 3 nitrogen and oxygen atoms in total. The topological polar surface area (TPSA) is 46.3 Å². The monoisotopic (exact) mass is 274 g/mol. The van der Waals surface area contributed by atoms with Gasteiger partial charge in [0.1, 0.15) is 0 Å². The zero-order chi connectivity index (χ0) is 14.7. The first-order chi connectivity index (χ1) is 9.51. The summed E-state index contributed by atoms with van der Waals surface area (Å²) in [6.07, 6.45) is 2.49. The highest BCUT2D eigenvalue weighted by molar-refractivity contribution is 5.79. The number of carbonyl (C=O) groups is 1. The summed E-state index contributed by atoms with van der Waals surface area (Å²) in [7, 11) is 0. The average molecular weight is 274 g/mol. The standard InChI is InChI=1S/C17H26N2O/c1-4-14-11-19(8-7-16(14)18)17(20)10-15-9-12(2)5-6-13(15)3/h5-6,9,14,16H,4,7-8,10-11,18H2,1-3H3. The van der Waals surface area contributed by atoms with Gasteiger partial charge in [0.05, 0.1) is 6.42 Å². The van der Waals surface area contributed by atoms with Crippen molar-refractivity contribution in [2.75, 3.05) is 13.1 Å². The second kappa shape index (κ2) is 6.40. The minimum Gasteiger partial charge on any atom is -0.342 e. The van der Waals surface area contributed by atoms with Crippen molar-refractivity contribution in [3.8, 4) is 0 Å². The van der Waals surface area contributed by atoms with Crippen molar-refractivity contribution >= 4 is 5.91 Å². The maximum absolute atomic E-state index is 12.5. The van der Waals surface area contributed by atoms with Gasteiger partial charge in [-0.3, -0.25) is 4.79 Å². The third kappa shape index (κ3) is 3.40. The van der Waals surface area contributed by atoms with Crippen LogP contribution >= 0.6 is 0 Å². The van der Waals surface area contributed by atoms with E-state index in [9.17, 15) is 4.79 Å². The van der Waals surface area contributed by atoms with Crippen LogP contribution in [0.25, 0.3) is 0 Å². The number of rotatable bonds is 3. The van der Waals surface area contributed by atoms with Crippen molar-refractivity contribution in [2.45, 2.75) is 46.1 Å². The minimum atomic E-state index is 0.240. The Morgan fingerprint density at radius 1 is 1.40 bits per heavy atom. The molecule has 0 radical (unpaired) electrons. The minimum absolute atomic E-state index is 0.240. The van der Waals surface area contributed by atoms with Crippen LogP contribution in [0.4, 0.5) is 0 Å². The Bertz CT molecular complexity index is 484. The number of nitrogens with two attached hydrogens (primary N) is 1. The molecule has 0 bridgehead atoms. The summed E-state index contributed by atoms with van der Waals surface area (Å²) in [6.45, 7) is 7.93. The third-order valence-corrected chi connectivity index (χ3v) is 4.52. The van der Waals surface area contributed by atoms with Crippen LogP contribution < -0.4 is 5.73 Å². The molecule has 1 fully saturated rings. The first-order valence-electron chi connectivity index (χ1n) is 7.60. The molecule has 20 heavy (non-hydrogen) atoms. The zero-order valence-corrected chi connectivity index (χ0v) is 12.9. The second-order valence-electron chi connectivity index (χ2n) is 6.07. The number of amides is 1. The molecule has 110 valence electrons. The van der Waals surface area contributed by atoms with Crippen LogP contribution in [0.2, 0.25) is 0 Å². The molecule has 1 saturated heterocycles. The van der Waals surface area contributed by atoms with Crippen molar-refractivity contribution in [1.29, 1.82) is 0 Å². The van der Waals surface area contributed by atoms with Gasteiger partial charge in [-0.25, -0.2) is 0 Å². The number of benzene rings is 1. The number of aryl methyl sites for hydroxylation is 2. The number of nitrogens with zero attached hydrogens (tertiary/aromatic N) is 1. The van der Waals surface area contributed by atoms with E-state index in [2.05, 4.69) is 39.0 Å². The van der Waals surface area contributed by atoms with E-state index in [4.69, 9.17) is 5.73 Å². The van der Waals surface area contributed by atoms with Gasteiger partial charge in [0.25, 0.3) is 0 Å². The lowest BCUT2D eigenvalue weighted by Gasteiger charge is -2.36. The molecule has 2 rings (SSSR count). The van der Waals surface area contributed by atoms with Crippen LogP contribution in [0.3, 0.4) is 0 Å². The molecule has 1 aromatic rings. The van der Waals surface area contributed by atoms with Crippen molar-refractivity contribution < 1.29 is 4.79 Å². The SMILES string of the molecule is CCC1CN(C(=O)Cc2cc(C)ccc2C)CCC1N. The molecule has 1 heterocycles. The fourth-order valence-electron chi connectivity index (χ4n) is 2.97. The summed E-state index contributed by atoms with van der Waals surface area (Å²) in [6, 6.07) is 6.57. The normalized spacial score (nSPS) is 22.9. The Balaban J connectivity index is 2.03. The van der Waals surface area contributed by atoms with Crippen LogP contribution in [0.5, 0.6) is 0 Å². The van der Waals surface area contributed by atoms with E-state index in [1.807, 2.05) is 4.90 Å². The summed E-state index contributed by atoms with van der Waals surface area (Å²) in [5.74, 6) is 0.690. The van der Waals surface area contributed by atoms with E-state index >= 15 is 0 Å². The van der Waals surface area contributed by atoms with Crippen molar-refractivity contribution in [1.82, 2.24) is 4.90 Å². The molecule has 2 atom stereocenters. The highest BCUT2D eigenvalue weighted by Gasteiger charge is 2.28. The van der Waals surface area contributed by atoms with E-state index < -0.39 is 0 Å². The first-order valence-corrected chi connectivity index (χ1v) is 7.60. The molecule has 0 aliphatic carbocycles. The fourth-order valence-corrected chi connectivity index (χ4v) is 2.97. The van der Waals surface area contributed by atoms with Gasteiger partial charge in [-0.2, -0.15) is 0 Å². The lowest BCUT2D eigenvalue weighted by atomic mass is 9.90. The van der Waals surface area contributed by atoms with E-state index in [0.29, 0.717) is 12.3 Å². The maximum atomic E-state index is 12.5. The zero-order valence-electron chi connectivity index (χ0n) is 12.9. The Labute approximate surface area is 122 Å². The van der Waals surface area contributed by atoms with Gasteiger partial charge in [-0.1, -0.05) is 37.1 Å². The Hall–Kier alpha value is -1.35. The molecular weight excluding hydrogens is 248 g/mol. The van der Waals surface area contributed by atoms with Gasteiger partial charge in [-0.05, 0) is 37.3 Å². The second-order valence-corrected chi connectivity index (χ2v) is 6.07. The molecule has 0 spiro atoms. The molecule has 1 aliphatic rings. The van der Waals surface area contributed by atoms with Crippen LogP contribution in [-0.2, 0) is 11.2 Å². The highest BCUT2D eigenvalue weighted by Crippen LogP contribution is 2.20. The number of carbonyl (C=O) groups excluding carboxylic acids is 1. The van der Waals surface area contributed by atoms with E-state index in [0.717, 1.165) is 31.5 Å². The average Bonchev–Trinajstić information content (AvgIpc) is 2.43. The molecule has 0 aromatic heterocycles. The lowest BCUT2D eigenvalue weighted by Crippen LogP contribution is -2.49. The fraction of sp³-hybridized carbons (Fsp3) is 0.588. The van der Waals surface area contributed by atoms with Crippen LogP contribution in [0, 0.1) is 19.8 Å². The molecule has 1 aliphatic heterocycles. The number of hydrogen-bond acceptors (Lipinski definition) is 2. The number of piperidine rings is 1. The summed E-state index contributed by atoms with van der Waals surface area (Å²) < 4.78 is 0. The van der Waals surface area contributed by atoms with Crippen LogP contribution in [-0.4, -0.2) is 29.9 Å². The van der Waals surface area contributed by atoms with E-state index in [1.165, 1.54) is 11.1 Å². The van der Waals surface area contributed by atoms with Crippen LogP contribution in [0.15, 0.2) is 18.2 Å². The highest BCUT2D eigenvalue weighted by atomic mass is 16.2. The largest absolute Gasteiger partial charge is 0.342 e. The van der Waals surface area contributed by atoms with Gasteiger partial charge in [0, 0.05) is 19.1 Å². The van der Waals surface area contributed by atoms with E-state index in [1.54, 1.807) is 0 Å². The quantitative estimate of drug-likeness (QED) is 0.920. The third-order valence-electron chi connectivity index (χ3n) is 4.52. The number of hydrogen-bond donors (Lipinski definition) is 1. The molecule has 1 aromatic carbocycles. The Morgan fingerprint density at radius 2 is 2.15 bits per heavy atom. The summed E-state index contributed by atoms with van der Waals surface area (Å²) in [4.78, 5) is 14.5. The van der Waals surface area contributed by atoms with Crippen molar-refractivity contribution in [2.24, 2.45) is 11.7 Å². The first kappa shape index (κ1) is 15.0. The molecule has 3 heteroatoms. The molecule has 2 N–H and O–H groups in total.